The molecule has 70 valence electrons. The summed E-state index contributed by atoms with van der Waals surface area (Å²) in [7, 11) is 0. The van der Waals surface area contributed by atoms with Crippen molar-refractivity contribution in [3.63, 3.8) is 0 Å². The van der Waals surface area contributed by atoms with E-state index >= 15 is 0 Å². The van der Waals surface area contributed by atoms with Crippen molar-refractivity contribution in [1.82, 2.24) is 0 Å². The molecule has 0 aliphatic rings. The molecule has 0 N–H and O–H groups in total. The lowest BCUT2D eigenvalue weighted by Gasteiger charge is -1.89. The number of nitrogens with zero attached hydrogens (tertiary/aromatic N) is 1. The minimum Gasteiger partial charge on any atom is -0.198 e. The fraction of sp³-hybridized carbons (Fsp3) is 0.417. The summed E-state index contributed by atoms with van der Waals surface area (Å²) in [6.07, 6.45) is 15.0. The molecule has 0 atom stereocenters. The van der Waals surface area contributed by atoms with Crippen molar-refractivity contribution in [3.05, 3.63) is 37.0 Å². The molecule has 0 aliphatic heterocycles. The normalized spacial score (nSPS) is 10.7. The first-order valence-electron chi connectivity index (χ1n) is 4.71. The van der Waals surface area contributed by atoms with Crippen molar-refractivity contribution in [2.24, 2.45) is 0 Å². The number of nitriles is 1. The van der Waals surface area contributed by atoms with Gasteiger partial charge in [0.1, 0.15) is 0 Å². The fourth-order valence-electron chi connectivity index (χ4n) is 0.930. The van der Waals surface area contributed by atoms with Gasteiger partial charge in [0.15, 0.2) is 0 Å². The van der Waals surface area contributed by atoms with Gasteiger partial charge in [-0.1, -0.05) is 37.0 Å². The molecule has 0 saturated heterocycles. The highest BCUT2D eigenvalue weighted by Gasteiger charge is 1.80. The molecular weight excluding hydrogens is 158 g/mol. The minimum absolute atomic E-state index is 0.632. The average Bonchev–Trinajstić information content (AvgIpc) is 2.16. The maximum atomic E-state index is 8.26. The minimum atomic E-state index is 0.632. The van der Waals surface area contributed by atoms with Crippen molar-refractivity contribution >= 4 is 0 Å². The van der Waals surface area contributed by atoms with Crippen LogP contribution in [0.2, 0.25) is 0 Å². The van der Waals surface area contributed by atoms with Gasteiger partial charge in [0, 0.05) is 6.42 Å². The molecule has 13 heavy (non-hydrogen) atoms. The Kier molecular flexibility index (Phi) is 9.65. The Bertz CT molecular complexity index is 206. The Morgan fingerprint density at radius 2 is 1.77 bits per heavy atom. The van der Waals surface area contributed by atoms with Crippen molar-refractivity contribution < 1.29 is 0 Å². The third-order valence-corrected chi connectivity index (χ3v) is 1.60. The number of hydrogen-bond acceptors (Lipinski definition) is 1. The van der Waals surface area contributed by atoms with E-state index in [1.807, 2.05) is 6.08 Å². The van der Waals surface area contributed by atoms with Gasteiger partial charge in [0.2, 0.25) is 0 Å². The fourth-order valence-corrected chi connectivity index (χ4v) is 0.930. The summed E-state index contributed by atoms with van der Waals surface area (Å²) in [4.78, 5) is 0. The van der Waals surface area contributed by atoms with Crippen LogP contribution in [-0.4, -0.2) is 0 Å². The van der Waals surface area contributed by atoms with Gasteiger partial charge in [-0.25, -0.2) is 0 Å². The molecule has 0 bridgehead atoms. The average molecular weight is 175 g/mol. The van der Waals surface area contributed by atoms with Crippen molar-refractivity contribution in [2.45, 2.75) is 32.1 Å². The van der Waals surface area contributed by atoms with E-state index in [0.717, 1.165) is 19.3 Å². The molecule has 0 aliphatic carbocycles. The second kappa shape index (κ2) is 10.7. The lowest BCUT2D eigenvalue weighted by atomic mass is 10.2. The number of unbranched alkanes of at least 4 members (excludes halogenated alkanes) is 3. The molecule has 0 aromatic heterocycles. The zero-order valence-electron chi connectivity index (χ0n) is 8.08. The molecule has 0 aromatic rings. The lowest BCUT2D eigenvalue weighted by Crippen LogP contribution is -1.69. The Morgan fingerprint density at radius 1 is 1.08 bits per heavy atom. The molecule has 0 radical (unpaired) electrons. The molecule has 0 spiro atoms. The zero-order valence-corrected chi connectivity index (χ0v) is 8.08. The summed E-state index contributed by atoms with van der Waals surface area (Å²) in [6, 6.07) is 2.11. The number of allylic oxidation sites excluding steroid dienone is 5. The van der Waals surface area contributed by atoms with Gasteiger partial charge in [0.05, 0.1) is 6.07 Å². The molecule has 0 heterocycles. The summed E-state index contributed by atoms with van der Waals surface area (Å²) < 4.78 is 0. The van der Waals surface area contributed by atoms with Gasteiger partial charge in [-0.3, -0.25) is 0 Å². The monoisotopic (exact) mass is 175 g/mol. The molecule has 0 rings (SSSR count). The van der Waals surface area contributed by atoms with Gasteiger partial charge >= 0.3 is 0 Å². The summed E-state index contributed by atoms with van der Waals surface area (Å²) in [5.41, 5.74) is 0. The SMILES string of the molecule is C=C/C=C/CCC/C=C/CCC#N. The van der Waals surface area contributed by atoms with Crippen molar-refractivity contribution in [3.8, 4) is 6.07 Å². The Balaban J connectivity index is 3.16. The van der Waals surface area contributed by atoms with Crippen LogP contribution in [0.3, 0.4) is 0 Å². The van der Waals surface area contributed by atoms with Crippen LogP contribution in [0.4, 0.5) is 0 Å². The first-order valence-corrected chi connectivity index (χ1v) is 4.71. The number of rotatable bonds is 7. The van der Waals surface area contributed by atoms with Gasteiger partial charge in [-0.2, -0.15) is 5.26 Å². The predicted molar refractivity (Wildman–Crippen MR) is 57.2 cm³/mol. The lowest BCUT2D eigenvalue weighted by molar-refractivity contribution is 0.863. The molecule has 0 fully saturated rings. The second-order valence-corrected chi connectivity index (χ2v) is 2.76. The van der Waals surface area contributed by atoms with Crippen LogP contribution >= 0.6 is 0 Å². The molecular formula is C12H17N. The van der Waals surface area contributed by atoms with E-state index in [2.05, 4.69) is 30.9 Å². The van der Waals surface area contributed by atoms with E-state index in [1.165, 1.54) is 6.42 Å². The van der Waals surface area contributed by atoms with E-state index in [1.54, 1.807) is 6.08 Å². The maximum Gasteiger partial charge on any atom is 0.0624 e. The molecule has 1 nitrogen and oxygen atoms in total. The molecule has 0 aromatic carbocycles. The van der Waals surface area contributed by atoms with Crippen molar-refractivity contribution in [2.75, 3.05) is 0 Å². The Hall–Kier alpha value is -1.29. The summed E-state index contributed by atoms with van der Waals surface area (Å²) in [5, 5.41) is 8.26. The van der Waals surface area contributed by atoms with Crippen LogP contribution in [0, 0.1) is 11.3 Å². The second-order valence-electron chi connectivity index (χ2n) is 2.76. The van der Waals surface area contributed by atoms with Crippen LogP contribution in [-0.2, 0) is 0 Å². The third-order valence-electron chi connectivity index (χ3n) is 1.60. The molecule has 0 unspecified atom stereocenters. The van der Waals surface area contributed by atoms with Gasteiger partial charge in [0.25, 0.3) is 0 Å². The third kappa shape index (κ3) is 10.7. The van der Waals surface area contributed by atoms with Crippen LogP contribution in [0.1, 0.15) is 32.1 Å². The van der Waals surface area contributed by atoms with Gasteiger partial charge < -0.3 is 0 Å². The molecule has 0 amide bonds. The predicted octanol–water partition coefficient (Wildman–Crippen LogP) is 3.76. The summed E-state index contributed by atoms with van der Waals surface area (Å²) in [5.74, 6) is 0. The summed E-state index contributed by atoms with van der Waals surface area (Å²) in [6.45, 7) is 3.60. The maximum absolute atomic E-state index is 8.26. The Labute approximate surface area is 81.1 Å². The zero-order chi connectivity index (χ0) is 9.78. The topological polar surface area (TPSA) is 23.8 Å². The first-order chi connectivity index (χ1) is 6.41. The summed E-state index contributed by atoms with van der Waals surface area (Å²) >= 11 is 0. The smallest absolute Gasteiger partial charge is 0.0624 e. The Morgan fingerprint density at radius 3 is 2.46 bits per heavy atom. The quantitative estimate of drug-likeness (QED) is 0.328. The van der Waals surface area contributed by atoms with Crippen molar-refractivity contribution in [1.29, 1.82) is 5.26 Å². The molecule has 0 saturated carbocycles. The van der Waals surface area contributed by atoms with Gasteiger partial charge in [-0.15, -0.1) is 0 Å². The highest BCUT2D eigenvalue weighted by Crippen LogP contribution is 1.99. The van der Waals surface area contributed by atoms with E-state index in [-0.39, 0.29) is 0 Å². The van der Waals surface area contributed by atoms with E-state index in [0.29, 0.717) is 6.42 Å². The first kappa shape index (κ1) is 11.7. The van der Waals surface area contributed by atoms with E-state index < -0.39 is 0 Å². The van der Waals surface area contributed by atoms with Crippen LogP contribution in [0.25, 0.3) is 0 Å². The molecule has 1 heteroatoms. The van der Waals surface area contributed by atoms with Gasteiger partial charge in [-0.05, 0) is 25.7 Å². The standard InChI is InChI=1S/C12H17N/c1-2-3-4-5-6-7-8-9-10-11-12-13/h2-4,8-9H,1,5-7,10-11H2/b4-3+,9-8+. The highest BCUT2D eigenvalue weighted by atomic mass is 14.2. The van der Waals surface area contributed by atoms with E-state index in [4.69, 9.17) is 5.26 Å². The highest BCUT2D eigenvalue weighted by molar-refractivity contribution is 4.97. The largest absolute Gasteiger partial charge is 0.198 e. The van der Waals surface area contributed by atoms with Crippen LogP contribution in [0.5, 0.6) is 0 Å². The van der Waals surface area contributed by atoms with E-state index in [9.17, 15) is 0 Å². The van der Waals surface area contributed by atoms with Crippen LogP contribution in [0.15, 0.2) is 37.0 Å². The van der Waals surface area contributed by atoms with Crippen LogP contribution < -0.4 is 0 Å². The number of hydrogen-bond donors (Lipinski definition) is 0.